The summed E-state index contributed by atoms with van der Waals surface area (Å²) in [4.78, 5) is 37.4. The maximum atomic E-state index is 11.8. The molecule has 2 aliphatic heterocycles. The van der Waals surface area contributed by atoms with E-state index in [1.54, 1.807) is 17.8 Å². The normalized spacial score (nSPS) is 20.6. The number of rotatable bonds is 3. The standard InChI is InChI=1S/C19H24N4O3.C2HF3O2/c1-11-7-23(8-13-6-20-19(25)22(13)3)9-17(21-11)14-4-5-15-16(12(14)2)10-26-18(15)24;3-2(4,5)1(6)7/h4-6,11,17,21H,7-10H2,1-3H3,(H,20,25);(H,6,7)/t11-,17-;/m0./s1. The molecule has 2 aromatic rings. The van der Waals surface area contributed by atoms with E-state index >= 15 is 0 Å². The monoisotopic (exact) mass is 470 g/mol. The van der Waals surface area contributed by atoms with Gasteiger partial charge in [-0.25, -0.2) is 14.4 Å². The Morgan fingerprint density at radius 2 is 1.94 bits per heavy atom. The molecule has 0 spiro atoms. The van der Waals surface area contributed by atoms with E-state index in [0.717, 1.165) is 36.5 Å². The molecule has 0 amide bonds. The number of fused-ring (bicyclic) bond motifs is 1. The first kappa shape index (κ1) is 24.5. The fraction of sp³-hybridized carbons (Fsp3) is 0.476. The number of aromatic amines is 1. The molecule has 12 heteroatoms. The Bertz CT molecular complexity index is 1110. The van der Waals surface area contributed by atoms with E-state index in [4.69, 9.17) is 14.6 Å². The van der Waals surface area contributed by atoms with E-state index in [0.29, 0.717) is 18.2 Å². The molecule has 1 aromatic heterocycles. The van der Waals surface area contributed by atoms with Gasteiger partial charge >= 0.3 is 23.8 Å². The Morgan fingerprint density at radius 1 is 1.27 bits per heavy atom. The Morgan fingerprint density at radius 3 is 2.52 bits per heavy atom. The summed E-state index contributed by atoms with van der Waals surface area (Å²) < 4.78 is 38.6. The summed E-state index contributed by atoms with van der Waals surface area (Å²) in [5.41, 5.74) is 4.93. The number of nitrogens with one attached hydrogen (secondary N) is 2. The van der Waals surface area contributed by atoms with Crippen molar-refractivity contribution >= 4 is 11.9 Å². The second-order valence-corrected chi connectivity index (χ2v) is 8.14. The van der Waals surface area contributed by atoms with Gasteiger partial charge in [0.15, 0.2) is 0 Å². The number of carboxylic acids is 1. The number of imidazole rings is 1. The quantitative estimate of drug-likeness (QED) is 0.587. The SMILES string of the molecule is Cc1c([C@@H]2CN(Cc3c[nH]c(=O)n3C)C[C@H](C)N2)ccc2c1COC2=O.O=C(O)C(F)(F)F. The van der Waals surface area contributed by atoms with E-state index in [1.165, 1.54) is 5.56 Å². The first-order valence-electron chi connectivity index (χ1n) is 10.2. The predicted molar refractivity (Wildman–Crippen MR) is 111 cm³/mol. The van der Waals surface area contributed by atoms with Crippen molar-refractivity contribution < 1.29 is 32.6 Å². The maximum absolute atomic E-state index is 11.8. The highest BCUT2D eigenvalue weighted by molar-refractivity contribution is 5.94. The van der Waals surface area contributed by atoms with Crippen molar-refractivity contribution in [3.8, 4) is 0 Å². The van der Waals surface area contributed by atoms with Crippen molar-refractivity contribution in [2.24, 2.45) is 7.05 Å². The lowest BCUT2D eigenvalue weighted by atomic mass is 9.92. The number of ether oxygens (including phenoxy) is 1. The van der Waals surface area contributed by atoms with Gasteiger partial charge in [0.05, 0.1) is 11.3 Å². The van der Waals surface area contributed by atoms with Crippen LogP contribution in [0.5, 0.6) is 0 Å². The molecule has 9 nitrogen and oxygen atoms in total. The van der Waals surface area contributed by atoms with Crippen LogP contribution in [0, 0.1) is 6.92 Å². The summed E-state index contributed by atoms with van der Waals surface area (Å²) in [6, 6.07) is 4.43. The van der Waals surface area contributed by atoms with Crippen molar-refractivity contribution in [1.82, 2.24) is 19.8 Å². The Hall–Kier alpha value is -3.12. The Labute approximate surface area is 187 Å². The van der Waals surface area contributed by atoms with Gasteiger partial charge in [0.1, 0.15) is 6.61 Å². The predicted octanol–water partition coefficient (Wildman–Crippen LogP) is 1.86. The summed E-state index contributed by atoms with van der Waals surface area (Å²) in [6.45, 7) is 7.09. The summed E-state index contributed by atoms with van der Waals surface area (Å²) in [5, 5.41) is 10.8. The second-order valence-electron chi connectivity index (χ2n) is 8.14. The summed E-state index contributed by atoms with van der Waals surface area (Å²) >= 11 is 0. The number of alkyl halides is 3. The van der Waals surface area contributed by atoms with Crippen LogP contribution in [-0.2, 0) is 29.7 Å². The largest absolute Gasteiger partial charge is 0.490 e. The molecule has 1 saturated heterocycles. The van der Waals surface area contributed by atoms with Gasteiger partial charge in [-0.1, -0.05) is 6.07 Å². The molecule has 2 atom stereocenters. The maximum Gasteiger partial charge on any atom is 0.490 e. The molecule has 0 saturated carbocycles. The van der Waals surface area contributed by atoms with E-state index < -0.39 is 12.1 Å². The molecule has 1 fully saturated rings. The molecule has 4 rings (SSSR count). The molecule has 1 aromatic carbocycles. The van der Waals surface area contributed by atoms with Crippen LogP contribution >= 0.6 is 0 Å². The minimum atomic E-state index is -5.08. The first-order chi connectivity index (χ1) is 15.4. The van der Waals surface area contributed by atoms with Gasteiger partial charge in [-0.2, -0.15) is 13.2 Å². The number of carbonyl (C=O) groups is 2. The average Bonchev–Trinajstić information content (AvgIpc) is 3.25. The van der Waals surface area contributed by atoms with Crippen LogP contribution in [0.3, 0.4) is 0 Å². The molecule has 2 aliphatic rings. The second kappa shape index (κ2) is 9.40. The molecule has 3 N–H and O–H groups in total. The van der Waals surface area contributed by atoms with Crippen molar-refractivity contribution in [2.45, 2.75) is 45.3 Å². The third kappa shape index (κ3) is 5.45. The lowest BCUT2D eigenvalue weighted by Gasteiger charge is -2.38. The van der Waals surface area contributed by atoms with Crippen LogP contribution in [0.4, 0.5) is 13.2 Å². The minimum Gasteiger partial charge on any atom is -0.475 e. The number of esters is 1. The van der Waals surface area contributed by atoms with E-state index in [2.05, 4.69) is 29.0 Å². The number of aromatic nitrogens is 2. The average molecular weight is 470 g/mol. The molecule has 33 heavy (non-hydrogen) atoms. The van der Waals surface area contributed by atoms with E-state index in [-0.39, 0.29) is 17.7 Å². The van der Waals surface area contributed by atoms with Crippen molar-refractivity contribution in [3.63, 3.8) is 0 Å². The van der Waals surface area contributed by atoms with E-state index in [1.807, 2.05) is 12.1 Å². The minimum absolute atomic E-state index is 0.0844. The molecule has 0 unspecified atom stereocenters. The van der Waals surface area contributed by atoms with Crippen LogP contribution in [0.15, 0.2) is 23.1 Å². The number of benzene rings is 1. The molecular formula is C21H25F3N4O5. The summed E-state index contributed by atoms with van der Waals surface area (Å²) in [7, 11) is 1.79. The van der Waals surface area contributed by atoms with Crippen LogP contribution in [0.25, 0.3) is 0 Å². The number of nitrogens with zero attached hydrogens (tertiary/aromatic N) is 2. The third-order valence-corrected chi connectivity index (χ3v) is 5.77. The van der Waals surface area contributed by atoms with Gasteiger partial charge < -0.3 is 20.1 Å². The number of hydrogen-bond donors (Lipinski definition) is 3. The lowest BCUT2D eigenvalue weighted by molar-refractivity contribution is -0.192. The Kier molecular flexibility index (Phi) is 6.98. The third-order valence-electron chi connectivity index (χ3n) is 5.77. The summed E-state index contributed by atoms with van der Waals surface area (Å²) in [5.74, 6) is -2.98. The van der Waals surface area contributed by atoms with Gasteiger partial charge in [0.25, 0.3) is 0 Å². The number of piperazine rings is 1. The number of carboxylic acid groups (broad SMARTS) is 1. The smallest absolute Gasteiger partial charge is 0.475 e. The zero-order valence-electron chi connectivity index (χ0n) is 18.3. The van der Waals surface area contributed by atoms with Crippen molar-refractivity contribution in [3.05, 3.63) is 56.8 Å². The first-order valence-corrected chi connectivity index (χ1v) is 10.2. The van der Waals surface area contributed by atoms with Gasteiger partial charge in [-0.05, 0) is 31.0 Å². The number of aliphatic carboxylic acids is 1. The number of hydrogen-bond acceptors (Lipinski definition) is 6. The van der Waals surface area contributed by atoms with Crippen LogP contribution in [-0.4, -0.2) is 56.8 Å². The fourth-order valence-corrected chi connectivity index (χ4v) is 4.08. The zero-order chi connectivity index (χ0) is 24.5. The van der Waals surface area contributed by atoms with Gasteiger partial charge in [0, 0.05) is 50.5 Å². The highest BCUT2D eigenvalue weighted by Gasteiger charge is 2.38. The molecule has 0 radical (unpaired) electrons. The van der Waals surface area contributed by atoms with Crippen molar-refractivity contribution in [1.29, 1.82) is 0 Å². The highest BCUT2D eigenvalue weighted by atomic mass is 19.4. The molecule has 0 aliphatic carbocycles. The van der Waals surface area contributed by atoms with Gasteiger partial charge in [-0.15, -0.1) is 0 Å². The fourth-order valence-electron chi connectivity index (χ4n) is 4.08. The number of cyclic esters (lactones) is 1. The van der Waals surface area contributed by atoms with E-state index in [9.17, 15) is 22.8 Å². The number of carbonyl (C=O) groups excluding carboxylic acids is 1. The molecular weight excluding hydrogens is 445 g/mol. The zero-order valence-corrected chi connectivity index (χ0v) is 18.3. The Balaban J connectivity index is 0.000000383. The number of halogens is 3. The van der Waals surface area contributed by atoms with Gasteiger partial charge in [-0.3, -0.25) is 9.47 Å². The molecule has 0 bridgehead atoms. The van der Waals surface area contributed by atoms with Gasteiger partial charge in [0.2, 0.25) is 0 Å². The number of H-pyrrole nitrogens is 1. The molecule has 180 valence electrons. The molecule has 3 heterocycles. The highest BCUT2D eigenvalue weighted by Crippen LogP contribution is 2.31. The topological polar surface area (TPSA) is 117 Å². The lowest BCUT2D eigenvalue weighted by Crippen LogP contribution is -2.51. The van der Waals surface area contributed by atoms with Crippen molar-refractivity contribution in [2.75, 3.05) is 13.1 Å². The van der Waals surface area contributed by atoms with Crippen LogP contribution in [0.1, 0.15) is 45.7 Å². The summed E-state index contributed by atoms with van der Waals surface area (Å²) in [6.07, 6.45) is -3.30. The van der Waals surface area contributed by atoms with Crippen LogP contribution < -0.4 is 11.0 Å². The van der Waals surface area contributed by atoms with Crippen LogP contribution in [0.2, 0.25) is 0 Å².